The smallest absolute Gasteiger partial charge is 0.253 e. The van der Waals surface area contributed by atoms with Crippen LogP contribution in [0.2, 0.25) is 0 Å². The molecule has 1 fully saturated rings. The Hall–Kier alpha value is -2.04. The van der Waals surface area contributed by atoms with Crippen molar-refractivity contribution in [3.63, 3.8) is 0 Å². The summed E-state index contributed by atoms with van der Waals surface area (Å²) in [6, 6.07) is 7.16. The summed E-state index contributed by atoms with van der Waals surface area (Å²) >= 11 is 0. The van der Waals surface area contributed by atoms with E-state index in [0.717, 1.165) is 12.8 Å². The highest BCUT2D eigenvalue weighted by molar-refractivity contribution is 5.94. The first-order chi connectivity index (χ1) is 9.97. The van der Waals surface area contributed by atoms with Crippen molar-refractivity contribution in [2.45, 2.75) is 32.7 Å². The molecule has 0 unspecified atom stereocenters. The number of nitrogens with one attached hydrogen (secondary N) is 1. The number of amides is 2. The third-order valence-corrected chi connectivity index (χ3v) is 3.81. The molecule has 1 aliphatic rings. The maximum Gasteiger partial charge on any atom is 0.253 e. The predicted molar refractivity (Wildman–Crippen MR) is 82.8 cm³/mol. The number of carbonyl (C=O) groups excluding carboxylic acids is 2. The van der Waals surface area contributed by atoms with E-state index in [1.807, 2.05) is 18.7 Å². The summed E-state index contributed by atoms with van der Waals surface area (Å²) in [6.07, 6.45) is 1.61. The van der Waals surface area contributed by atoms with E-state index >= 15 is 0 Å². The van der Waals surface area contributed by atoms with Gasteiger partial charge in [-0.05, 0) is 37.1 Å². The zero-order valence-electron chi connectivity index (χ0n) is 12.6. The fourth-order valence-corrected chi connectivity index (χ4v) is 2.40. The molecule has 1 aliphatic heterocycles. The van der Waals surface area contributed by atoms with E-state index in [9.17, 15) is 9.59 Å². The van der Waals surface area contributed by atoms with Gasteiger partial charge in [0.05, 0.1) is 0 Å². The second kappa shape index (κ2) is 6.61. The van der Waals surface area contributed by atoms with Crippen LogP contribution < -0.4 is 11.1 Å². The number of hydrogen-bond donors (Lipinski definition) is 2. The summed E-state index contributed by atoms with van der Waals surface area (Å²) < 4.78 is 0. The van der Waals surface area contributed by atoms with Gasteiger partial charge in [-0.2, -0.15) is 0 Å². The summed E-state index contributed by atoms with van der Waals surface area (Å²) in [7, 11) is 0. The number of carbonyl (C=O) groups is 2. The van der Waals surface area contributed by atoms with Gasteiger partial charge in [-0.1, -0.05) is 13.8 Å². The summed E-state index contributed by atoms with van der Waals surface area (Å²) in [6.45, 7) is 5.11. The molecule has 0 aliphatic carbocycles. The molecular formula is C16H23N3O2. The topological polar surface area (TPSA) is 75.4 Å². The number of piperidine rings is 1. The van der Waals surface area contributed by atoms with E-state index < -0.39 is 0 Å². The minimum absolute atomic E-state index is 0.000520. The van der Waals surface area contributed by atoms with E-state index in [0.29, 0.717) is 24.3 Å². The van der Waals surface area contributed by atoms with Crippen LogP contribution in [0.25, 0.3) is 0 Å². The van der Waals surface area contributed by atoms with Gasteiger partial charge in [0, 0.05) is 36.3 Å². The Morgan fingerprint density at radius 2 is 1.76 bits per heavy atom. The number of hydrogen-bond acceptors (Lipinski definition) is 3. The van der Waals surface area contributed by atoms with E-state index in [-0.39, 0.29) is 23.8 Å². The van der Waals surface area contributed by atoms with Gasteiger partial charge in [0.2, 0.25) is 5.91 Å². The quantitative estimate of drug-likeness (QED) is 0.831. The normalized spacial score (nSPS) is 16.0. The SMILES string of the molecule is CC(C)C(=O)NC1CCN(C(=O)c2ccc(N)cc2)CC1. The van der Waals surface area contributed by atoms with Crippen molar-refractivity contribution in [3.05, 3.63) is 29.8 Å². The average molecular weight is 289 g/mol. The molecule has 5 nitrogen and oxygen atoms in total. The molecule has 1 aromatic carbocycles. The van der Waals surface area contributed by atoms with E-state index in [1.165, 1.54) is 0 Å². The second-order valence-electron chi connectivity index (χ2n) is 5.85. The summed E-state index contributed by atoms with van der Waals surface area (Å²) in [5.41, 5.74) is 6.94. The van der Waals surface area contributed by atoms with Crippen LogP contribution in [0.5, 0.6) is 0 Å². The van der Waals surface area contributed by atoms with Crippen LogP contribution in [0.3, 0.4) is 0 Å². The average Bonchev–Trinajstić information content (AvgIpc) is 2.48. The Kier molecular flexibility index (Phi) is 4.83. The molecule has 1 heterocycles. The molecule has 2 amide bonds. The standard InChI is InChI=1S/C16H23N3O2/c1-11(2)15(20)18-14-7-9-19(10-8-14)16(21)12-3-5-13(17)6-4-12/h3-6,11,14H,7-10,17H2,1-2H3,(H,18,20). The molecule has 1 saturated heterocycles. The zero-order valence-corrected chi connectivity index (χ0v) is 12.6. The maximum absolute atomic E-state index is 12.3. The lowest BCUT2D eigenvalue weighted by atomic mass is 10.0. The molecule has 2 rings (SSSR count). The maximum atomic E-state index is 12.3. The molecule has 1 aromatic rings. The molecule has 5 heteroatoms. The van der Waals surface area contributed by atoms with Crippen LogP contribution in [0.4, 0.5) is 5.69 Å². The number of rotatable bonds is 3. The van der Waals surface area contributed by atoms with Crippen LogP contribution in [-0.4, -0.2) is 35.8 Å². The van der Waals surface area contributed by atoms with Crippen molar-refractivity contribution in [1.82, 2.24) is 10.2 Å². The van der Waals surface area contributed by atoms with Gasteiger partial charge in [-0.25, -0.2) is 0 Å². The number of likely N-dealkylation sites (tertiary alicyclic amines) is 1. The first-order valence-corrected chi connectivity index (χ1v) is 7.42. The Bertz CT molecular complexity index is 503. The number of anilines is 1. The fraction of sp³-hybridized carbons (Fsp3) is 0.500. The molecule has 0 aromatic heterocycles. The molecule has 0 atom stereocenters. The second-order valence-corrected chi connectivity index (χ2v) is 5.85. The fourth-order valence-electron chi connectivity index (χ4n) is 2.40. The molecule has 21 heavy (non-hydrogen) atoms. The molecule has 0 radical (unpaired) electrons. The summed E-state index contributed by atoms with van der Waals surface area (Å²) in [5, 5.41) is 3.03. The van der Waals surface area contributed by atoms with Crippen molar-refractivity contribution in [1.29, 1.82) is 0 Å². The Morgan fingerprint density at radius 1 is 1.19 bits per heavy atom. The van der Waals surface area contributed by atoms with E-state index in [2.05, 4.69) is 5.32 Å². The van der Waals surface area contributed by atoms with Crippen LogP contribution in [0.1, 0.15) is 37.0 Å². The number of nitrogens with two attached hydrogens (primary N) is 1. The first-order valence-electron chi connectivity index (χ1n) is 7.42. The minimum Gasteiger partial charge on any atom is -0.399 e. The van der Waals surface area contributed by atoms with Gasteiger partial charge in [-0.3, -0.25) is 9.59 Å². The predicted octanol–water partition coefficient (Wildman–Crippen LogP) is 1.65. The molecule has 0 bridgehead atoms. The minimum atomic E-state index is -0.000520. The van der Waals surface area contributed by atoms with E-state index in [4.69, 9.17) is 5.73 Å². The molecule has 0 saturated carbocycles. The van der Waals surface area contributed by atoms with Gasteiger partial charge in [0.25, 0.3) is 5.91 Å². The van der Waals surface area contributed by atoms with Crippen LogP contribution in [0, 0.1) is 5.92 Å². The van der Waals surface area contributed by atoms with Crippen LogP contribution in [0.15, 0.2) is 24.3 Å². The lowest BCUT2D eigenvalue weighted by molar-refractivity contribution is -0.124. The van der Waals surface area contributed by atoms with Crippen molar-refractivity contribution in [2.24, 2.45) is 5.92 Å². The van der Waals surface area contributed by atoms with Crippen molar-refractivity contribution >= 4 is 17.5 Å². The number of nitrogens with zero attached hydrogens (tertiary/aromatic N) is 1. The van der Waals surface area contributed by atoms with Crippen molar-refractivity contribution < 1.29 is 9.59 Å². The highest BCUT2D eigenvalue weighted by atomic mass is 16.2. The lowest BCUT2D eigenvalue weighted by Gasteiger charge is -2.32. The molecule has 114 valence electrons. The van der Waals surface area contributed by atoms with Crippen LogP contribution >= 0.6 is 0 Å². The Balaban J connectivity index is 1.87. The van der Waals surface area contributed by atoms with Crippen molar-refractivity contribution in [2.75, 3.05) is 18.8 Å². The highest BCUT2D eigenvalue weighted by Gasteiger charge is 2.24. The lowest BCUT2D eigenvalue weighted by Crippen LogP contribution is -2.47. The third kappa shape index (κ3) is 3.97. The monoisotopic (exact) mass is 289 g/mol. The van der Waals surface area contributed by atoms with Crippen molar-refractivity contribution in [3.8, 4) is 0 Å². The summed E-state index contributed by atoms with van der Waals surface area (Å²) in [5.74, 6) is 0.112. The third-order valence-electron chi connectivity index (χ3n) is 3.81. The molecule has 3 N–H and O–H groups in total. The zero-order chi connectivity index (χ0) is 15.4. The Morgan fingerprint density at radius 3 is 2.29 bits per heavy atom. The first kappa shape index (κ1) is 15.4. The number of benzene rings is 1. The van der Waals surface area contributed by atoms with Gasteiger partial charge >= 0.3 is 0 Å². The Labute approximate surface area is 125 Å². The molecule has 0 spiro atoms. The van der Waals surface area contributed by atoms with Gasteiger partial charge in [0.1, 0.15) is 0 Å². The largest absolute Gasteiger partial charge is 0.399 e. The van der Waals surface area contributed by atoms with Gasteiger partial charge in [0.15, 0.2) is 0 Å². The number of nitrogen functional groups attached to an aromatic ring is 1. The van der Waals surface area contributed by atoms with E-state index in [1.54, 1.807) is 24.3 Å². The van der Waals surface area contributed by atoms with Crippen LogP contribution in [-0.2, 0) is 4.79 Å². The van der Waals surface area contributed by atoms with Gasteiger partial charge < -0.3 is 16.0 Å². The van der Waals surface area contributed by atoms with Gasteiger partial charge in [-0.15, -0.1) is 0 Å². The molecular weight excluding hydrogens is 266 g/mol. The summed E-state index contributed by atoms with van der Waals surface area (Å²) in [4.78, 5) is 25.9. The highest BCUT2D eigenvalue weighted by Crippen LogP contribution is 2.15.